The zero-order chi connectivity index (χ0) is 23.1. The number of carbonyl (C=O) groups excluding carboxylic acids is 3. The third kappa shape index (κ3) is 4.04. The summed E-state index contributed by atoms with van der Waals surface area (Å²) in [5.41, 5.74) is 2.39. The molecule has 0 radical (unpaired) electrons. The highest BCUT2D eigenvalue weighted by Crippen LogP contribution is 2.52. The van der Waals surface area contributed by atoms with Gasteiger partial charge in [-0.05, 0) is 61.1 Å². The molecule has 2 aromatic carbocycles. The Morgan fingerprint density at radius 2 is 1.79 bits per heavy atom. The van der Waals surface area contributed by atoms with E-state index in [1.165, 1.54) is 6.21 Å². The van der Waals surface area contributed by atoms with E-state index < -0.39 is 0 Å². The summed E-state index contributed by atoms with van der Waals surface area (Å²) in [6, 6.07) is 12.4. The molecule has 168 valence electrons. The number of fused-ring (bicyclic) bond motifs is 5. The Bertz CT molecular complexity index is 1160. The smallest absolute Gasteiger partial charge is 0.262 e. The van der Waals surface area contributed by atoms with Crippen LogP contribution in [0.1, 0.15) is 17.5 Å². The summed E-state index contributed by atoms with van der Waals surface area (Å²) >= 11 is 6.29. The Kier molecular flexibility index (Phi) is 5.50. The third-order valence-electron chi connectivity index (χ3n) is 6.42. The van der Waals surface area contributed by atoms with Crippen LogP contribution in [0.4, 0.5) is 5.69 Å². The molecule has 4 atom stereocenters. The quantitative estimate of drug-likeness (QED) is 0.401. The molecule has 2 bridgehead atoms. The Labute approximate surface area is 196 Å². The predicted octanol–water partition coefficient (Wildman–Crippen LogP) is 3.81. The van der Waals surface area contributed by atoms with E-state index in [1.807, 2.05) is 43.3 Å². The second kappa shape index (κ2) is 8.48. The lowest BCUT2D eigenvalue weighted by atomic mass is 9.85. The topological polar surface area (TPSA) is 88.1 Å². The minimum atomic E-state index is -0.305. The number of nitrogens with one attached hydrogen (secondary N) is 1. The zero-order valence-electron chi connectivity index (χ0n) is 17.9. The van der Waals surface area contributed by atoms with Gasteiger partial charge >= 0.3 is 0 Å². The number of allylic oxidation sites excluding steroid dienone is 2. The van der Waals surface area contributed by atoms with Gasteiger partial charge in [0.15, 0.2) is 6.61 Å². The van der Waals surface area contributed by atoms with Crippen molar-refractivity contribution in [2.45, 2.75) is 13.3 Å². The van der Waals surface area contributed by atoms with Crippen LogP contribution in [0, 0.1) is 30.6 Å². The van der Waals surface area contributed by atoms with Crippen LogP contribution in [0.25, 0.3) is 0 Å². The number of imide groups is 1. The molecular weight excluding hydrogens is 442 g/mol. The summed E-state index contributed by atoms with van der Waals surface area (Å²) in [5.74, 6) is -0.701. The van der Waals surface area contributed by atoms with Crippen molar-refractivity contribution in [2.24, 2.45) is 28.8 Å². The van der Waals surface area contributed by atoms with Gasteiger partial charge in [-0.3, -0.25) is 14.4 Å². The summed E-state index contributed by atoms with van der Waals surface area (Å²) in [6.07, 6.45) is 6.41. The fourth-order valence-corrected chi connectivity index (χ4v) is 5.06. The maximum absolute atomic E-state index is 12.7. The Hall–Kier alpha value is -3.45. The first-order chi connectivity index (χ1) is 15.9. The fourth-order valence-electron chi connectivity index (χ4n) is 4.82. The van der Waals surface area contributed by atoms with Crippen LogP contribution in [0.3, 0.4) is 0 Å². The van der Waals surface area contributed by atoms with E-state index in [0.29, 0.717) is 22.0 Å². The number of carbonyl (C=O) groups is 3. The van der Waals surface area contributed by atoms with Gasteiger partial charge in [0.25, 0.3) is 17.7 Å². The second-order valence-electron chi connectivity index (χ2n) is 8.63. The molecule has 1 heterocycles. The molecule has 5 rings (SSSR count). The number of anilines is 1. The van der Waals surface area contributed by atoms with E-state index in [2.05, 4.69) is 10.4 Å². The number of ether oxygens (including phenoxy) is 1. The SMILES string of the molecule is Cc1ccc(NC(=O)COc2ccc(C=NN3C(=O)C4C5C=CC(C5)C4C3=O)cc2Cl)cc1. The minimum Gasteiger partial charge on any atom is -0.482 e. The maximum Gasteiger partial charge on any atom is 0.262 e. The molecule has 2 fully saturated rings. The highest BCUT2D eigenvalue weighted by atomic mass is 35.5. The predicted molar refractivity (Wildman–Crippen MR) is 124 cm³/mol. The van der Waals surface area contributed by atoms with Crippen molar-refractivity contribution in [2.75, 3.05) is 11.9 Å². The molecular formula is C25H22ClN3O4. The summed E-state index contributed by atoms with van der Waals surface area (Å²) in [4.78, 5) is 37.5. The van der Waals surface area contributed by atoms with Crippen LogP contribution < -0.4 is 10.1 Å². The molecule has 3 amide bonds. The first kappa shape index (κ1) is 21.4. The second-order valence-corrected chi connectivity index (χ2v) is 9.03. The number of nitrogens with zero attached hydrogens (tertiary/aromatic N) is 2. The highest BCUT2D eigenvalue weighted by Gasteiger charge is 2.59. The van der Waals surface area contributed by atoms with Gasteiger partial charge in [0.1, 0.15) is 5.75 Å². The molecule has 2 aliphatic carbocycles. The Morgan fingerprint density at radius 1 is 1.12 bits per heavy atom. The first-order valence-electron chi connectivity index (χ1n) is 10.8. The lowest BCUT2D eigenvalue weighted by Crippen LogP contribution is -2.28. The van der Waals surface area contributed by atoms with Gasteiger partial charge in [0.2, 0.25) is 0 Å². The molecule has 1 N–H and O–H groups in total. The first-order valence-corrected chi connectivity index (χ1v) is 11.2. The molecule has 1 saturated heterocycles. The number of hydrazone groups is 1. The molecule has 3 aliphatic rings. The lowest BCUT2D eigenvalue weighted by Gasteiger charge is -2.13. The van der Waals surface area contributed by atoms with Crippen molar-refractivity contribution in [3.63, 3.8) is 0 Å². The largest absolute Gasteiger partial charge is 0.482 e. The number of benzene rings is 2. The maximum atomic E-state index is 12.7. The van der Waals surface area contributed by atoms with Gasteiger partial charge in [0.05, 0.1) is 23.1 Å². The standard InChI is InChI=1S/C25H22ClN3O4/c1-14-2-7-18(8-3-14)28-21(30)13-33-20-9-4-15(10-19(20)26)12-27-29-24(31)22-16-5-6-17(11-16)23(22)25(29)32/h2-10,12,16-17,22-23H,11,13H2,1H3,(H,28,30). The van der Waals surface area contributed by atoms with Crippen molar-refractivity contribution in [3.8, 4) is 5.75 Å². The van der Waals surface area contributed by atoms with Gasteiger partial charge in [-0.15, -0.1) is 0 Å². The molecule has 4 unspecified atom stereocenters. The van der Waals surface area contributed by atoms with Crippen LogP contribution in [0.15, 0.2) is 59.7 Å². The molecule has 0 aromatic heterocycles. The average Bonchev–Trinajstić information content (AvgIpc) is 3.47. The summed E-state index contributed by atoms with van der Waals surface area (Å²) in [5, 5.41) is 8.19. The Morgan fingerprint density at radius 3 is 2.42 bits per heavy atom. The van der Waals surface area contributed by atoms with Gasteiger partial charge in [-0.1, -0.05) is 41.4 Å². The van der Waals surface area contributed by atoms with E-state index in [4.69, 9.17) is 16.3 Å². The molecule has 7 nitrogen and oxygen atoms in total. The van der Waals surface area contributed by atoms with Crippen LogP contribution in [-0.4, -0.2) is 35.6 Å². The lowest BCUT2D eigenvalue weighted by molar-refractivity contribution is -0.140. The van der Waals surface area contributed by atoms with E-state index >= 15 is 0 Å². The van der Waals surface area contributed by atoms with Gasteiger partial charge in [-0.25, -0.2) is 0 Å². The van der Waals surface area contributed by atoms with Crippen molar-refractivity contribution in [1.82, 2.24) is 5.01 Å². The van der Waals surface area contributed by atoms with E-state index in [0.717, 1.165) is 17.0 Å². The number of aryl methyl sites for hydroxylation is 1. The average molecular weight is 464 g/mol. The van der Waals surface area contributed by atoms with Crippen LogP contribution in [-0.2, 0) is 14.4 Å². The van der Waals surface area contributed by atoms with E-state index in [1.54, 1.807) is 18.2 Å². The van der Waals surface area contributed by atoms with E-state index in [9.17, 15) is 14.4 Å². The monoisotopic (exact) mass is 463 g/mol. The van der Waals surface area contributed by atoms with Crippen LogP contribution in [0.5, 0.6) is 5.75 Å². The molecule has 2 aromatic rings. The minimum absolute atomic E-state index is 0.144. The van der Waals surface area contributed by atoms with Crippen molar-refractivity contribution in [1.29, 1.82) is 0 Å². The molecule has 33 heavy (non-hydrogen) atoms. The van der Waals surface area contributed by atoms with Gasteiger partial charge < -0.3 is 10.1 Å². The summed E-state index contributed by atoms with van der Waals surface area (Å²) in [7, 11) is 0. The molecule has 1 aliphatic heterocycles. The Balaban J connectivity index is 1.19. The van der Waals surface area contributed by atoms with Crippen molar-refractivity contribution >= 4 is 41.2 Å². The molecule has 8 heteroatoms. The number of hydrogen-bond acceptors (Lipinski definition) is 5. The molecule has 1 saturated carbocycles. The molecule has 0 spiro atoms. The number of amides is 3. The number of rotatable bonds is 6. The fraction of sp³-hybridized carbons (Fsp3) is 0.280. The van der Waals surface area contributed by atoms with Crippen LogP contribution >= 0.6 is 11.6 Å². The highest BCUT2D eigenvalue weighted by molar-refractivity contribution is 6.32. The third-order valence-corrected chi connectivity index (χ3v) is 6.71. The van der Waals surface area contributed by atoms with E-state index in [-0.39, 0.29) is 48.0 Å². The van der Waals surface area contributed by atoms with Gasteiger partial charge in [0, 0.05) is 5.69 Å². The van der Waals surface area contributed by atoms with Crippen molar-refractivity contribution < 1.29 is 19.1 Å². The van der Waals surface area contributed by atoms with Crippen LogP contribution in [0.2, 0.25) is 5.02 Å². The normalized spacial score (nSPS) is 25.2. The number of halogens is 1. The van der Waals surface area contributed by atoms with Gasteiger partial charge in [-0.2, -0.15) is 10.1 Å². The summed E-state index contributed by atoms with van der Waals surface area (Å²) < 4.78 is 5.53. The summed E-state index contributed by atoms with van der Waals surface area (Å²) in [6.45, 7) is 1.77. The number of hydrogen-bond donors (Lipinski definition) is 1. The zero-order valence-corrected chi connectivity index (χ0v) is 18.7. The van der Waals surface area contributed by atoms with Crippen molar-refractivity contribution in [3.05, 3.63) is 70.8 Å².